The van der Waals surface area contributed by atoms with E-state index in [2.05, 4.69) is 18.3 Å². The Morgan fingerprint density at radius 3 is 2.68 bits per heavy atom. The van der Waals surface area contributed by atoms with Crippen LogP contribution in [0.1, 0.15) is 29.9 Å². The average molecular weight is 454 g/mol. The zero-order valence-corrected chi connectivity index (χ0v) is 19.0. The molecule has 1 N–H and O–H groups in total. The summed E-state index contributed by atoms with van der Waals surface area (Å²) >= 11 is 2.57. The Balaban J connectivity index is 1.66. The highest BCUT2D eigenvalue weighted by atomic mass is 32.2. The quantitative estimate of drug-likeness (QED) is 0.529. The zero-order chi connectivity index (χ0) is 22.0. The third-order valence-electron chi connectivity index (χ3n) is 5.22. The number of thiophene rings is 1. The van der Waals surface area contributed by atoms with E-state index in [4.69, 9.17) is 0 Å². The number of para-hydroxylation sites is 1. The predicted molar refractivity (Wildman–Crippen MR) is 126 cm³/mol. The largest absolute Gasteiger partial charge is 0.350 e. The lowest BCUT2D eigenvalue weighted by molar-refractivity contribution is -0.123. The molecule has 8 heteroatoms. The summed E-state index contributed by atoms with van der Waals surface area (Å²) in [7, 11) is 0. The molecule has 160 valence electrons. The highest BCUT2D eigenvalue weighted by molar-refractivity contribution is 8.18. The number of benzene rings is 1. The van der Waals surface area contributed by atoms with Gasteiger partial charge in [-0.3, -0.25) is 19.3 Å². The fourth-order valence-electron chi connectivity index (χ4n) is 3.71. The van der Waals surface area contributed by atoms with Crippen molar-refractivity contribution < 1.29 is 14.4 Å². The van der Waals surface area contributed by atoms with E-state index in [9.17, 15) is 14.4 Å². The zero-order valence-electron chi connectivity index (χ0n) is 17.4. The standard InChI is InChI=1S/C23H23N3O3S2/c1-3-15-7-5-9-18-16(11-19-22(28)26(4-2)23(29)31-19)13-25(21(15)18)14-20(27)24-12-17-8-6-10-30-17/h5-11,13H,3-4,12,14H2,1-2H3,(H,24,27)/b19-11-. The number of rotatable bonds is 7. The van der Waals surface area contributed by atoms with Gasteiger partial charge in [-0.05, 0) is 48.2 Å². The molecule has 6 nitrogen and oxygen atoms in total. The molecule has 0 atom stereocenters. The Bertz CT molecular complexity index is 1180. The van der Waals surface area contributed by atoms with Gasteiger partial charge in [-0.15, -0.1) is 11.3 Å². The maximum atomic E-state index is 12.6. The number of thioether (sulfide) groups is 1. The van der Waals surface area contributed by atoms with E-state index < -0.39 is 0 Å². The van der Waals surface area contributed by atoms with Crippen LogP contribution in [0, 0.1) is 0 Å². The summed E-state index contributed by atoms with van der Waals surface area (Å²) in [5.74, 6) is -0.340. The smallest absolute Gasteiger partial charge is 0.293 e. The van der Waals surface area contributed by atoms with Crippen LogP contribution < -0.4 is 5.32 Å². The predicted octanol–water partition coefficient (Wildman–Crippen LogP) is 4.64. The monoisotopic (exact) mass is 453 g/mol. The molecule has 0 radical (unpaired) electrons. The molecule has 1 saturated heterocycles. The Labute approximate surface area is 188 Å². The Kier molecular flexibility index (Phi) is 6.29. The first-order valence-corrected chi connectivity index (χ1v) is 11.9. The van der Waals surface area contributed by atoms with Crippen molar-refractivity contribution in [3.8, 4) is 0 Å². The van der Waals surface area contributed by atoms with Crippen molar-refractivity contribution in [2.75, 3.05) is 6.54 Å². The third-order valence-corrected chi connectivity index (χ3v) is 7.01. The summed E-state index contributed by atoms with van der Waals surface area (Å²) in [4.78, 5) is 40.0. The van der Waals surface area contributed by atoms with Crippen molar-refractivity contribution >= 4 is 57.1 Å². The lowest BCUT2D eigenvalue weighted by atomic mass is 10.1. The molecule has 0 spiro atoms. The number of nitrogens with zero attached hydrogens (tertiary/aromatic N) is 2. The summed E-state index contributed by atoms with van der Waals surface area (Å²) < 4.78 is 1.94. The van der Waals surface area contributed by atoms with Crippen molar-refractivity contribution in [3.63, 3.8) is 0 Å². The topological polar surface area (TPSA) is 71.4 Å². The molecule has 4 rings (SSSR count). The molecule has 0 bridgehead atoms. The van der Waals surface area contributed by atoms with Gasteiger partial charge in [0, 0.05) is 28.6 Å². The minimum absolute atomic E-state index is 0.0749. The van der Waals surface area contributed by atoms with Crippen LogP contribution in [0.3, 0.4) is 0 Å². The maximum absolute atomic E-state index is 12.6. The van der Waals surface area contributed by atoms with E-state index in [0.29, 0.717) is 18.0 Å². The first-order valence-electron chi connectivity index (χ1n) is 10.2. The van der Waals surface area contributed by atoms with Crippen LogP contribution in [0.5, 0.6) is 0 Å². The lowest BCUT2D eigenvalue weighted by Gasteiger charge is -2.09. The number of aromatic nitrogens is 1. The van der Waals surface area contributed by atoms with Crippen LogP contribution in [-0.2, 0) is 29.1 Å². The van der Waals surface area contributed by atoms with Gasteiger partial charge in [0.05, 0.1) is 17.0 Å². The van der Waals surface area contributed by atoms with E-state index in [1.165, 1.54) is 4.90 Å². The normalized spacial score (nSPS) is 15.4. The van der Waals surface area contributed by atoms with Gasteiger partial charge in [0.25, 0.3) is 11.1 Å². The maximum Gasteiger partial charge on any atom is 0.293 e. The van der Waals surface area contributed by atoms with Crippen molar-refractivity contribution in [2.45, 2.75) is 33.4 Å². The number of hydrogen-bond donors (Lipinski definition) is 1. The number of nitrogens with one attached hydrogen (secondary N) is 1. The molecule has 1 fully saturated rings. The SMILES string of the molecule is CCc1cccc2c(/C=C3\SC(=O)N(CC)C3=O)cn(CC(=O)NCc3cccs3)c12. The minimum Gasteiger partial charge on any atom is -0.350 e. The first kappa shape index (κ1) is 21.4. The Hall–Kier alpha value is -2.84. The number of carbonyl (C=O) groups is 3. The summed E-state index contributed by atoms with van der Waals surface area (Å²) in [6.45, 7) is 4.91. The molecule has 1 aliphatic heterocycles. The van der Waals surface area contributed by atoms with E-state index >= 15 is 0 Å². The molecule has 0 unspecified atom stereocenters. The molecule has 3 aromatic rings. The summed E-state index contributed by atoms with van der Waals surface area (Å²) in [5, 5.41) is 5.68. The van der Waals surface area contributed by atoms with Crippen LogP contribution in [0.15, 0.2) is 46.8 Å². The molecule has 1 aromatic carbocycles. The second-order valence-corrected chi connectivity index (χ2v) is 9.19. The molecule has 2 aromatic heterocycles. The second-order valence-electron chi connectivity index (χ2n) is 7.16. The molecular formula is C23H23N3O3S2. The Morgan fingerprint density at radius 1 is 1.16 bits per heavy atom. The van der Waals surface area contributed by atoms with Crippen LogP contribution in [-0.4, -0.2) is 33.1 Å². The van der Waals surface area contributed by atoms with E-state index in [0.717, 1.165) is 45.1 Å². The fraction of sp³-hybridized carbons (Fsp3) is 0.261. The molecule has 1 aliphatic rings. The van der Waals surface area contributed by atoms with Gasteiger partial charge in [0.1, 0.15) is 6.54 Å². The number of amides is 3. The van der Waals surface area contributed by atoms with Gasteiger partial charge < -0.3 is 9.88 Å². The first-order chi connectivity index (χ1) is 15.0. The van der Waals surface area contributed by atoms with Crippen molar-refractivity contribution in [1.29, 1.82) is 0 Å². The van der Waals surface area contributed by atoms with E-state index in [1.807, 2.05) is 40.4 Å². The van der Waals surface area contributed by atoms with Gasteiger partial charge in [0.2, 0.25) is 5.91 Å². The molecule has 3 heterocycles. The van der Waals surface area contributed by atoms with Gasteiger partial charge >= 0.3 is 0 Å². The third kappa shape index (κ3) is 4.31. The number of carbonyl (C=O) groups excluding carboxylic acids is 3. The molecule has 31 heavy (non-hydrogen) atoms. The highest BCUT2D eigenvalue weighted by Gasteiger charge is 2.34. The van der Waals surface area contributed by atoms with Crippen LogP contribution in [0.25, 0.3) is 17.0 Å². The number of imide groups is 1. The summed E-state index contributed by atoms with van der Waals surface area (Å²) in [5.41, 5.74) is 2.94. The second kappa shape index (κ2) is 9.11. The van der Waals surface area contributed by atoms with Gasteiger partial charge in [-0.25, -0.2) is 0 Å². The van der Waals surface area contributed by atoms with Crippen LogP contribution in [0.4, 0.5) is 4.79 Å². The van der Waals surface area contributed by atoms with Gasteiger partial charge in [0.15, 0.2) is 0 Å². The molecular weight excluding hydrogens is 430 g/mol. The number of likely N-dealkylation sites (N-methyl/N-ethyl adjacent to an activating group) is 1. The minimum atomic E-state index is -0.265. The average Bonchev–Trinajstić information content (AvgIpc) is 3.46. The van der Waals surface area contributed by atoms with Gasteiger partial charge in [-0.2, -0.15) is 0 Å². The fourth-order valence-corrected chi connectivity index (χ4v) is 5.25. The summed E-state index contributed by atoms with van der Waals surface area (Å²) in [6.07, 6.45) is 4.49. The van der Waals surface area contributed by atoms with Crippen molar-refractivity contribution in [3.05, 3.63) is 62.8 Å². The summed E-state index contributed by atoms with van der Waals surface area (Å²) in [6, 6.07) is 9.98. The van der Waals surface area contributed by atoms with Crippen molar-refractivity contribution in [2.24, 2.45) is 0 Å². The van der Waals surface area contributed by atoms with E-state index in [1.54, 1.807) is 24.3 Å². The van der Waals surface area contributed by atoms with Gasteiger partial charge in [-0.1, -0.05) is 31.2 Å². The Morgan fingerprint density at radius 2 is 2.00 bits per heavy atom. The van der Waals surface area contributed by atoms with Crippen molar-refractivity contribution in [1.82, 2.24) is 14.8 Å². The molecule has 3 amide bonds. The molecule has 0 aliphatic carbocycles. The molecule has 0 saturated carbocycles. The number of hydrogen-bond acceptors (Lipinski definition) is 5. The highest BCUT2D eigenvalue weighted by Crippen LogP contribution is 2.34. The number of aryl methyl sites for hydroxylation is 1. The lowest BCUT2D eigenvalue weighted by Crippen LogP contribution is -2.27. The van der Waals surface area contributed by atoms with Crippen LogP contribution in [0.2, 0.25) is 0 Å². The number of fused-ring (bicyclic) bond motifs is 1. The van der Waals surface area contributed by atoms with Crippen LogP contribution >= 0.6 is 23.1 Å². The van der Waals surface area contributed by atoms with E-state index in [-0.39, 0.29) is 23.6 Å².